The van der Waals surface area contributed by atoms with Crippen molar-refractivity contribution in [3.63, 3.8) is 0 Å². The van der Waals surface area contributed by atoms with Gasteiger partial charge < -0.3 is 9.67 Å². The summed E-state index contributed by atoms with van der Waals surface area (Å²) in [6, 6.07) is 8.63. The highest BCUT2D eigenvalue weighted by Crippen LogP contribution is 2.37. The molecule has 0 amide bonds. The number of aromatic nitrogens is 1. The predicted octanol–water partition coefficient (Wildman–Crippen LogP) is 4.61. The van der Waals surface area contributed by atoms with Crippen LogP contribution in [0.3, 0.4) is 0 Å². The molecule has 1 unspecified atom stereocenters. The lowest BCUT2D eigenvalue weighted by molar-refractivity contribution is 0.198. The summed E-state index contributed by atoms with van der Waals surface area (Å²) in [6.45, 7) is 4.95. The Kier molecular flexibility index (Phi) is 4.53. The van der Waals surface area contributed by atoms with Gasteiger partial charge in [-0.3, -0.25) is 0 Å². The average Bonchev–Trinajstić information content (AvgIpc) is 3.27. The van der Waals surface area contributed by atoms with Gasteiger partial charge in [-0.05, 0) is 43.9 Å². The second kappa shape index (κ2) is 6.30. The van der Waals surface area contributed by atoms with E-state index in [1.165, 1.54) is 12.8 Å². The molecule has 1 atom stereocenters. The standard InChI is InChI=1S/C19H23BrN2O/c1-19(2,12-21)17-10-22(9-14(11-23)7-13-3-4-13)18-8-15(20)5-6-16(17)18/h5-6,8,10,13-14,23H,3-4,7,9,11H2,1-2H3. The van der Waals surface area contributed by atoms with Gasteiger partial charge in [-0.2, -0.15) is 5.26 Å². The Morgan fingerprint density at radius 1 is 1.43 bits per heavy atom. The molecule has 122 valence electrons. The van der Waals surface area contributed by atoms with Gasteiger partial charge in [-0.25, -0.2) is 0 Å². The summed E-state index contributed by atoms with van der Waals surface area (Å²) in [5.74, 6) is 1.09. The van der Waals surface area contributed by atoms with Crippen LogP contribution in [0.25, 0.3) is 10.9 Å². The van der Waals surface area contributed by atoms with E-state index < -0.39 is 5.41 Å². The number of halogens is 1. The number of nitriles is 1. The molecular weight excluding hydrogens is 352 g/mol. The second-order valence-electron chi connectivity index (χ2n) is 7.32. The van der Waals surface area contributed by atoms with E-state index in [-0.39, 0.29) is 12.5 Å². The summed E-state index contributed by atoms with van der Waals surface area (Å²) < 4.78 is 3.26. The molecular formula is C19H23BrN2O. The monoisotopic (exact) mass is 374 g/mol. The van der Waals surface area contributed by atoms with E-state index in [9.17, 15) is 10.4 Å². The van der Waals surface area contributed by atoms with Crippen molar-refractivity contribution in [1.82, 2.24) is 4.57 Å². The van der Waals surface area contributed by atoms with Gasteiger partial charge in [0.25, 0.3) is 0 Å². The topological polar surface area (TPSA) is 49.0 Å². The fourth-order valence-corrected chi connectivity index (χ4v) is 3.63. The number of hydrogen-bond donors (Lipinski definition) is 1. The van der Waals surface area contributed by atoms with Crippen molar-refractivity contribution in [3.8, 4) is 6.07 Å². The van der Waals surface area contributed by atoms with Crippen molar-refractivity contribution < 1.29 is 5.11 Å². The van der Waals surface area contributed by atoms with Crippen LogP contribution in [-0.4, -0.2) is 16.3 Å². The lowest BCUT2D eigenvalue weighted by Gasteiger charge is -2.16. The second-order valence-corrected chi connectivity index (χ2v) is 8.24. The van der Waals surface area contributed by atoms with E-state index in [0.717, 1.165) is 39.8 Å². The lowest BCUT2D eigenvalue weighted by Crippen LogP contribution is -2.16. The molecule has 1 heterocycles. The third kappa shape index (κ3) is 3.46. The fraction of sp³-hybridized carbons (Fsp3) is 0.526. The van der Waals surface area contributed by atoms with Crippen molar-refractivity contribution in [2.24, 2.45) is 11.8 Å². The highest BCUT2D eigenvalue weighted by molar-refractivity contribution is 9.10. The first-order valence-electron chi connectivity index (χ1n) is 8.25. The summed E-state index contributed by atoms with van der Waals surface area (Å²) in [5.41, 5.74) is 1.67. The van der Waals surface area contributed by atoms with Gasteiger partial charge in [0.2, 0.25) is 0 Å². The molecule has 0 saturated heterocycles. The van der Waals surface area contributed by atoms with Crippen LogP contribution in [0.15, 0.2) is 28.9 Å². The minimum absolute atomic E-state index is 0.223. The van der Waals surface area contributed by atoms with Crippen LogP contribution in [0, 0.1) is 23.2 Å². The zero-order chi connectivity index (χ0) is 16.6. The molecule has 1 aliphatic carbocycles. The van der Waals surface area contributed by atoms with Gasteiger partial charge in [0.1, 0.15) is 0 Å². The third-order valence-corrected chi connectivity index (χ3v) is 5.37. The zero-order valence-corrected chi connectivity index (χ0v) is 15.3. The van der Waals surface area contributed by atoms with Crippen LogP contribution >= 0.6 is 15.9 Å². The maximum atomic E-state index is 9.73. The summed E-state index contributed by atoms with van der Waals surface area (Å²) >= 11 is 3.55. The number of aliphatic hydroxyl groups excluding tert-OH is 1. The SMILES string of the molecule is CC(C)(C#N)c1cn(CC(CO)CC2CC2)c2cc(Br)ccc12. The minimum atomic E-state index is -0.525. The smallest absolute Gasteiger partial charge is 0.0787 e. The normalized spacial score (nSPS) is 16.5. The number of hydrogen-bond acceptors (Lipinski definition) is 2. The van der Waals surface area contributed by atoms with E-state index in [1.54, 1.807) is 0 Å². The van der Waals surface area contributed by atoms with Gasteiger partial charge in [-0.15, -0.1) is 0 Å². The summed E-state index contributed by atoms with van der Waals surface area (Å²) in [4.78, 5) is 0. The molecule has 2 aromatic rings. The molecule has 3 rings (SSSR count). The molecule has 1 aromatic carbocycles. The van der Waals surface area contributed by atoms with E-state index in [4.69, 9.17) is 0 Å². The Morgan fingerprint density at radius 3 is 2.78 bits per heavy atom. The summed E-state index contributed by atoms with van der Waals surface area (Å²) in [6.07, 6.45) is 5.82. The van der Waals surface area contributed by atoms with Crippen molar-refractivity contribution in [2.75, 3.05) is 6.61 Å². The molecule has 1 aromatic heterocycles. The van der Waals surface area contributed by atoms with Crippen LogP contribution in [0.4, 0.5) is 0 Å². The molecule has 1 N–H and O–H groups in total. The Bertz CT molecular complexity index is 753. The van der Waals surface area contributed by atoms with Gasteiger partial charge in [-0.1, -0.05) is 34.8 Å². The Labute approximate surface area is 146 Å². The molecule has 0 radical (unpaired) electrons. The van der Waals surface area contributed by atoms with Crippen LogP contribution in [0.5, 0.6) is 0 Å². The van der Waals surface area contributed by atoms with Crippen molar-refractivity contribution in [2.45, 2.75) is 45.1 Å². The molecule has 3 nitrogen and oxygen atoms in total. The molecule has 1 fully saturated rings. The van der Waals surface area contributed by atoms with Crippen LogP contribution < -0.4 is 0 Å². The highest BCUT2D eigenvalue weighted by atomic mass is 79.9. The fourth-order valence-electron chi connectivity index (χ4n) is 3.28. The first-order valence-corrected chi connectivity index (χ1v) is 9.05. The molecule has 0 aliphatic heterocycles. The number of rotatable bonds is 6. The van der Waals surface area contributed by atoms with E-state index >= 15 is 0 Å². The molecule has 1 aliphatic rings. The number of aliphatic hydroxyl groups is 1. The van der Waals surface area contributed by atoms with E-state index in [0.29, 0.717) is 0 Å². The quantitative estimate of drug-likeness (QED) is 0.801. The maximum absolute atomic E-state index is 9.73. The van der Waals surface area contributed by atoms with Crippen LogP contribution in [0.2, 0.25) is 0 Å². The van der Waals surface area contributed by atoms with E-state index in [2.05, 4.69) is 44.9 Å². The lowest BCUT2D eigenvalue weighted by atomic mass is 9.86. The summed E-state index contributed by atoms with van der Waals surface area (Å²) in [5, 5.41) is 20.4. The average molecular weight is 375 g/mol. The van der Waals surface area contributed by atoms with Crippen LogP contribution in [0.1, 0.15) is 38.7 Å². The maximum Gasteiger partial charge on any atom is 0.0787 e. The largest absolute Gasteiger partial charge is 0.396 e. The van der Waals surface area contributed by atoms with Crippen molar-refractivity contribution in [1.29, 1.82) is 5.26 Å². The zero-order valence-electron chi connectivity index (χ0n) is 13.7. The number of nitrogens with zero attached hydrogens (tertiary/aromatic N) is 2. The van der Waals surface area contributed by atoms with E-state index in [1.807, 2.05) is 19.9 Å². The summed E-state index contributed by atoms with van der Waals surface area (Å²) in [7, 11) is 0. The molecule has 0 bridgehead atoms. The van der Waals surface area contributed by atoms with Crippen molar-refractivity contribution >= 4 is 26.8 Å². The van der Waals surface area contributed by atoms with Gasteiger partial charge in [0.05, 0.1) is 11.5 Å². The Hall–Kier alpha value is -1.31. The highest BCUT2D eigenvalue weighted by Gasteiger charge is 2.28. The number of fused-ring (bicyclic) bond motifs is 1. The first kappa shape index (κ1) is 16.5. The van der Waals surface area contributed by atoms with Gasteiger partial charge in [0.15, 0.2) is 0 Å². The molecule has 23 heavy (non-hydrogen) atoms. The Morgan fingerprint density at radius 2 is 2.17 bits per heavy atom. The molecule has 0 spiro atoms. The van der Waals surface area contributed by atoms with Gasteiger partial charge >= 0.3 is 0 Å². The predicted molar refractivity (Wildman–Crippen MR) is 96.2 cm³/mol. The molecule has 4 heteroatoms. The van der Waals surface area contributed by atoms with Gasteiger partial charge in [0, 0.05) is 40.6 Å². The van der Waals surface area contributed by atoms with Crippen molar-refractivity contribution in [3.05, 3.63) is 34.4 Å². The first-order chi connectivity index (χ1) is 10.9. The van der Waals surface area contributed by atoms with Crippen LogP contribution in [-0.2, 0) is 12.0 Å². The third-order valence-electron chi connectivity index (χ3n) is 4.87. The number of benzene rings is 1. The molecule has 1 saturated carbocycles. The Balaban J connectivity index is 2.01. The minimum Gasteiger partial charge on any atom is -0.396 e.